The predicted molar refractivity (Wildman–Crippen MR) is 80.6 cm³/mol. The minimum Gasteiger partial charge on any atom is -0.497 e. The normalized spacial score (nSPS) is 33.3. The second-order valence-electron chi connectivity index (χ2n) is 5.75. The van der Waals surface area contributed by atoms with Crippen LogP contribution in [0.4, 0.5) is 5.69 Å². The van der Waals surface area contributed by atoms with Gasteiger partial charge in [-0.3, -0.25) is 4.99 Å². The van der Waals surface area contributed by atoms with E-state index >= 15 is 0 Å². The molecule has 120 valence electrons. The first-order valence-electron chi connectivity index (χ1n) is 7.24. The number of nitrogens with zero attached hydrogens (tertiary/aromatic N) is 1. The quantitative estimate of drug-likeness (QED) is 0.799. The van der Waals surface area contributed by atoms with E-state index in [9.17, 15) is 0 Å². The van der Waals surface area contributed by atoms with Gasteiger partial charge in [-0.05, 0) is 38.1 Å². The Labute approximate surface area is 130 Å². The summed E-state index contributed by atoms with van der Waals surface area (Å²) in [5.74, 6) is 0.147. The Kier molecular flexibility index (Phi) is 4.18. The monoisotopic (exact) mass is 307 g/mol. The van der Waals surface area contributed by atoms with Gasteiger partial charge in [-0.2, -0.15) is 0 Å². The molecule has 0 unspecified atom stereocenters. The molecule has 2 saturated heterocycles. The molecule has 0 N–H and O–H groups in total. The molecule has 2 heterocycles. The van der Waals surface area contributed by atoms with Crippen molar-refractivity contribution in [2.45, 2.75) is 44.2 Å². The van der Waals surface area contributed by atoms with Gasteiger partial charge in [0, 0.05) is 13.3 Å². The number of rotatable bonds is 4. The molecule has 0 spiro atoms. The first kappa shape index (κ1) is 15.4. The first-order chi connectivity index (χ1) is 10.5. The summed E-state index contributed by atoms with van der Waals surface area (Å²) in [5.41, 5.74) is 0.818. The molecule has 6 nitrogen and oxygen atoms in total. The summed E-state index contributed by atoms with van der Waals surface area (Å²) < 4.78 is 28.0. The third-order valence-electron chi connectivity index (χ3n) is 3.74. The number of hydrogen-bond acceptors (Lipinski definition) is 6. The molecule has 0 amide bonds. The van der Waals surface area contributed by atoms with Crippen LogP contribution in [0.15, 0.2) is 29.3 Å². The van der Waals surface area contributed by atoms with Crippen molar-refractivity contribution in [1.82, 2.24) is 0 Å². The molecule has 0 aromatic heterocycles. The Morgan fingerprint density at radius 1 is 1.14 bits per heavy atom. The minimum absolute atomic E-state index is 0.242. The zero-order valence-corrected chi connectivity index (χ0v) is 13.2. The molecule has 3 rings (SSSR count). The van der Waals surface area contributed by atoms with Gasteiger partial charge in [0.1, 0.15) is 24.1 Å². The fourth-order valence-electron chi connectivity index (χ4n) is 2.72. The number of fused-ring (bicyclic) bond motifs is 1. The molecule has 0 bridgehead atoms. The summed E-state index contributed by atoms with van der Waals surface area (Å²) in [6.07, 6.45) is 0.514. The van der Waals surface area contributed by atoms with Gasteiger partial charge in [-0.25, -0.2) is 0 Å². The van der Waals surface area contributed by atoms with Gasteiger partial charge < -0.3 is 23.7 Å². The van der Waals surface area contributed by atoms with E-state index in [0.29, 0.717) is 0 Å². The maximum absolute atomic E-state index is 5.84. The molecule has 1 aromatic rings. The van der Waals surface area contributed by atoms with E-state index in [1.807, 2.05) is 38.1 Å². The molecule has 2 aliphatic rings. The SMILES string of the molecule is COc1ccc(N=C[C@H]2O[C@@H]3OC(C)(C)O[C@@H]3[C@H]2OC)cc1. The lowest BCUT2D eigenvalue weighted by Crippen LogP contribution is -2.36. The summed E-state index contributed by atoms with van der Waals surface area (Å²) in [4.78, 5) is 4.43. The average molecular weight is 307 g/mol. The Balaban J connectivity index is 1.69. The Morgan fingerprint density at radius 3 is 2.50 bits per heavy atom. The van der Waals surface area contributed by atoms with Crippen molar-refractivity contribution in [2.75, 3.05) is 14.2 Å². The van der Waals surface area contributed by atoms with Crippen molar-refractivity contribution in [3.05, 3.63) is 24.3 Å². The number of aliphatic imine (C=N–C) groups is 1. The fraction of sp³-hybridized carbons (Fsp3) is 0.562. The highest BCUT2D eigenvalue weighted by atomic mass is 16.8. The smallest absolute Gasteiger partial charge is 0.190 e. The fourth-order valence-corrected chi connectivity index (χ4v) is 2.72. The summed E-state index contributed by atoms with van der Waals surface area (Å²) in [6, 6.07) is 7.48. The van der Waals surface area contributed by atoms with Crippen LogP contribution in [0.5, 0.6) is 5.75 Å². The summed E-state index contributed by atoms with van der Waals surface area (Å²) >= 11 is 0. The Bertz CT molecular complexity index is 542. The van der Waals surface area contributed by atoms with Crippen LogP contribution in [0, 0.1) is 0 Å². The Morgan fingerprint density at radius 2 is 1.86 bits per heavy atom. The van der Waals surface area contributed by atoms with Gasteiger partial charge >= 0.3 is 0 Å². The zero-order valence-electron chi connectivity index (χ0n) is 13.2. The topological polar surface area (TPSA) is 58.5 Å². The lowest BCUT2D eigenvalue weighted by Gasteiger charge is -2.23. The average Bonchev–Trinajstić information content (AvgIpc) is 2.96. The Hall–Kier alpha value is -1.47. The first-order valence-corrected chi connectivity index (χ1v) is 7.24. The molecule has 4 atom stereocenters. The summed E-state index contributed by atoms with van der Waals surface area (Å²) in [5, 5.41) is 0. The van der Waals surface area contributed by atoms with Crippen molar-refractivity contribution in [3.8, 4) is 5.75 Å². The third-order valence-corrected chi connectivity index (χ3v) is 3.74. The van der Waals surface area contributed by atoms with Gasteiger partial charge in [0.25, 0.3) is 0 Å². The van der Waals surface area contributed by atoms with Crippen molar-refractivity contribution in [2.24, 2.45) is 4.99 Å². The van der Waals surface area contributed by atoms with E-state index < -0.39 is 12.1 Å². The van der Waals surface area contributed by atoms with Crippen molar-refractivity contribution >= 4 is 11.9 Å². The summed E-state index contributed by atoms with van der Waals surface area (Å²) in [6.45, 7) is 3.73. The number of methoxy groups -OCH3 is 2. The van der Waals surface area contributed by atoms with E-state index in [1.165, 1.54) is 0 Å². The minimum atomic E-state index is -0.649. The van der Waals surface area contributed by atoms with E-state index in [-0.39, 0.29) is 18.3 Å². The van der Waals surface area contributed by atoms with Crippen LogP contribution in [0.2, 0.25) is 0 Å². The molecule has 0 aliphatic carbocycles. The highest BCUT2D eigenvalue weighted by Gasteiger charge is 2.54. The highest BCUT2D eigenvalue weighted by Crippen LogP contribution is 2.38. The maximum atomic E-state index is 5.84. The van der Waals surface area contributed by atoms with Gasteiger partial charge in [0.05, 0.1) is 12.8 Å². The van der Waals surface area contributed by atoms with E-state index in [1.54, 1.807) is 20.4 Å². The zero-order chi connectivity index (χ0) is 15.7. The highest BCUT2D eigenvalue weighted by molar-refractivity contribution is 5.69. The molecule has 0 radical (unpaired) electrons. The lowest BCUT2D eigenvalue weighted by molar-refractivity contribution is -0.207. The van der Waals surface area contributed by atoms with Crippen LogP contribution in [0.25, 0.3) is 0 Å². The lowest BCUT2D eigenvalue weighted by atomic mass is 10.1. The van der Waals surface area contributed by atoms with Crippen LogP contribution in [0.3, 0.4) is 0 Å². The largest absolute Gasteiger partial charge is 0.497 e. The van der Waals surface area contributed by atoms with Crippen molar-refractivity contribution < 1.29 is 23.7 Å². The van der Waals surface area contributed by atoms with Crippen LogP contribution >= 0.6 is 0 Å². The van der Waals surface area contributed by atoms with Crippen LogP contribution in [-0.4, -0.2) is 50.8 Å². The van der Waals surface area contributed by atoms with Crippen LogP contribution in [-0.2, 0) is 18.9 Å². The standard InChI is InChI=1S/C16H21NO5/c1-16(2)21-14-13(19-4)12(20-15(14)22-16)9-17-10-5-7-11(18-3)8-6-10/h5-9,12-15H,1-4H3/t12-,13+,14-,15-/m1/s1. The molecular formula is C16H21NO5. The molecule has 2 aliphatic heterocycles. The number of benzene rings is 1. The van der Waals surface area contributed by atoms with Crippen molar-refractivity contribution in [3.63, 3.8) is 0 Å². The number of ether oxygens (including phenoxy) is 5. The maximum Gasteiger partial charge on any atom is 0.190 e. The molecule has 0 saturated carbocycles. The second kappa shape index (κ2) is 5.96. The molecule has 1 aromatic carbocycles. The predicted octanol–water partition coefficient (Wildman–Crippen LogP) is 2.29. The molecule has 2 fully saturated rings. The van der Waals surface area contributed by atoms with E-state index in [2.05, 4.69) is 4.99 Å². The molecular weight excluding hydrogens is 286 g/mol. The van der Waals surface area contributed by atoms with Crippen molar-refractivity contribution in [1.29, 1.82) is 0 Å². The molecule has 6 heteroatoms. The van der Waals surface area contributed by atoms with E-state index in [4.69, 9.17) is 23.7 Å². The van der Waals surface area contributed by atoms with Gasteiger partial charge in [0.2, 0.25) is 0 Å². The van der Waals surface area contributed by atoms with Crippen LogP contribution < -0.4 is 4.74 Å². The second-order valence-corrected chi connectivity index (χ2v) is 5.75. The van der Waals surface area contributed by atoms with Gasteiger partial charge in [0.15, 0.2) is 12.1 Å². The van der Waals surface area contributed by atoms with Crippen LogP contribution in [0.1, 0.15) is 13.8 Å². The number of hydrogen-bond donors (Lipinski definition) is 0. The van der Waals surface area contributed by atoms with Gasteiger partial charge in [-0.15, -0.1) is 0 Å². The summed E-state index contributed by atoms with van der Waals surface area (Å²) in [7, 11) is 3.27. The van der Waals surface area contributed by atoms with E-state index in [0.717, 1.165) is 11.4 Å². The third kappa shape index (κ3) is 3.01. The van der Waals surface area contributed by atoms with Gasteiger partial charge in [-0.1, -0.05) is 0 Å². The molecule has 22 heavy (non-hydrogen) atoms.